The number of hydrogen-bond acceptors (Lipinski definition) is 2. The number of carboxylic acids is 2. The molecule has 4 rings (SSSR count). The van der Waals surface area contributed by atoms with E-state index in [-0.39, 0.29) is 12.8 Å². The molecule has 0 amide bonds. The van der Waals surface area contributed by atoms with Gasteiger partial charge in [0, 0.05) is 12.8 Å². The van der Waals surface area contributed by atoms with Gasteiger partial charge in [-0.25, -0.2) is 0 Å². The Morgan fingerprint density at radius 2 is 1.35 bits per heavy atom. The summed E-state index contributed by atoms with van der Waals surface area (Å²) in [6.45, 7) is 2.06. The molecule has 4 heteroatoms. The third-order valence-corrected chi connectivity index (χ3v) is 5.18. The zero-order valence-electron chi connectivity index (χ0n) is 17.5. The van der Waals surface area contributed by atoms with Crippen molar-refractivity contribution in [3.05, 3.63) is 95.6 Å². The molecule has 0 spiro atoms. The lowest BCUT2D eigenvalue weighted by Crippen LogP contribution is -1.97. The van der Waals surface area contributed by atoms with Crippen LogP contribution in [-0.4, -0.2) is 22.2 Å². The Morgan fingerprint density at radius 3 is 2.10 bits per heavy atom. The molecule has 0 aliphatic carbocycles. The summed E-state index contributed by atoms with van der Waals surface area (Å²) in [7, 11) is 0. The summed E-state index contributed by atoms with van der Waals surface area (Å²) in [6, 6.07) is 26.5. The van der Waals surface area contributed by atoms with E-state index >= 15 is 0 Å². The third kappa shape index (κ3) is 6.41. The van der Waals surface area contributed by atoms with Crippen LogP contribution in [0.2, 0.25) is 0 Å². The van der Waals surface area contributed by atoms with Crippen LogP contribution in [0, 0.1) is 6.92 Å². The minimum absolute atomic E-state index is 0.187. The average molecular weight is 415 g/mol. The highest BCUT2D eigenvalue weighted by molar-refractivity contribution is 5.86. The number of carboxylic acid groups (broad SMARTS) is 2. The summed E-state index contributed by atoms with van der Waals surface area (Å²) in [6.07, 6.45) is 1.57. The Balaban J connectivity index is 0.000000176. The second-order valence-corrected chi connectivity index (χ2v) is 7.61. The van der Waals surface area contributed by atoms with Crippen LogP contribution in [0.4, 0.5) is 0 Å². The molecular weight excluding hydrogens is 388 g/mol. The number of aliphatic carboxylic acids is 2. The van der Waals surface area contributed by atoms with Gasteiger partial charge in [0.25, 0.3) is 0 Å². The zero-order chi connectivity index (χ0) is 22.2. The number of carbonyl (C=O) groups is 2. The average Bonchev–Trinajstić information content (AvgIpc) is 2.76. The van der Waals surface area contributed by atoms with Crippen LogP contribution in [0.3, 0.4) is 0 Å². The van der Waals surface area contributed by atoms with E-state index in [1.807, 2.05) is 42.5 Å². The van der Waals surface area contributed by atoms with Crippen LogP contribution in [0.15, 0.2) is 78.9 Å². The van der Waals surface area contributed by atoms with Crippen LogP contribution < -0.4 is 0 Å². The van der Waals surface area contributed by atoms with Crippen LogP contribution in [0.1, 0.15) is 29.5 Å². The van der Waals surface area contributed by atoms with E-state index in [1.54, 1.807) is 0 Å². The normalized spacial score (nSPS) is 10.5. The summed E-state index contributed by atoms with van der Waals surface area (Å²) >= 11 is 0. The van der Waals surface area contributed by atoms with Gasteiger partial charge in [-0.05, 0) is 52.4 Å². The lowest BCUT2D eigenvalue weighted by molar-refractivity contribution is -0.138. The molecule has 0 unspecified atom stereocenters. The molecule has 0 aromatic heterocycles. The first kappa shape index (κ1) is 22.0. The molecule has 0 saturated heterocycles. The molecule has 0 aliphatic rings. The molecule has 158 valence electrons. The van der Waals surface area contributed by atoms with E-state index in [9.17, 15) is 9.59 Å². The number of aryl methyl sites for hydroxylation is 3. The summed E-state index contributed by atoms with van der Waals surface area (Å²) in [5.74, 6) is -1.49. The Bertz CT molecular complexity index is 1210. The highest BCUT2D eigenvalue weighted by atomic mass is 16.4. The second-order valence-electron chi connectivity index (χ2n) is 7.61. The lowest BCUT2D eigenvalue weighted by Gasteiger charge is -2.05. The molecule has 2 N–H and O–H groups in total. The van der Waals surface area contributed by atoms with Crippen molar-refractivity contribution in [3.8, 4) is 0 Å². The van der Waals surface area contributed by atoms with Crippen LogP contribution >= 0.6 is 0 Å². The van der Waals surface area contributed by atoms with Gasteiger partial charge < -0.3 is 10.2 Å². The standard InChI is InChI=1S/C14H14O2.C13H12O2/c1-10-5-7-13-11(6-8-14(15)16)3-2-4-12(13)9-10;14-13(15)8-6-10-5-7-11-3-1-2-4-12(11)9-10/h2-5,7,9H,6,8H2,1H3,(H,15,16);1-5,7,9H,6,8H2,(H,14,15). The monoisotopic (exact) mass is 414 g/mol. The van der Waals surface area contributed by atoms with Gasteiger partial charge in [-0.3, -0.25) is 9.59 Å². The van der Waals surface area contributed by atoms with E-state index in [2.05, 4.69) is 43.3 Å². The molecule has 0 radical (unpaired) electrons. The maximum absolute atomic E-state index is 10.6. The molecule has 0 bridgehead atoms. The van der Waals surface area contributed by atoms with Gasteiger partial charge in [-0.15, -0.1) is 0 Å². The second kappa shape index (κ2) is 10.4. The van der Waals surface area contributed by atoms with Gasteiger partial charge in [0.15, 0.2) is 0 Å². The maximum Gasteiger partial charge on any atom is 0.303 e. The molecule has 0 heterocycles. The lowest BCUT2D eigenvalue weighted by atomic mass is 9.99. The highest BCUT2D eigenvalue weighted by Gasteiger charge is 2.04. The third-order valence-electron chi connectivity index (χ3n) is 5.18. The quantitative estimate of drug-likeness (QED) is 0.404. The maximum atomic E-state index is 10.6. The zero-order valence-corrected chi connectivity index (χ0v) is 17.5. The summed E-state index contributed by atoms with van der Waals surface area (Å²) < 4.78 is 0. The first-order valence-electron chi connectivity index (χ1n) is 10.3. The van der Waals surface area contributed by atoms with Gasteiger partial charge in [0.05, 0.1) is 0 Å². The Morgan fingerprint density at radius 1 is 0.677 bits per heavy atom. The summed E-state index contributed by atoms with van der Waals surface area (Å²) in [5.41, 5.74) is 3.42. The van der Waals surface area contributed by atoms with Gasteiger partial charge in [-0.2, -0.15) is 0 Å². The molecular formula is C27H26O4. The molecule has 0 aliphatic heterocycles. The first-order valence-corrected chi connectivity index (χ1v) is 10.3. The van der Waals surface area contributed by atoms with Crippen molar-refractivity contribution in [2.75, 3.05) is 0 Å². The fraction of sp³-hybridized carbons (Fsp3) is 0.185. The van der Waals surface area contributed by atoms with Gasteiger partial charge in [-0.1, -0.05) is 84.4 Å². The molecule has 0 fully saturated rings. The molecule has 31 heavy (non-hydrogen) atoms. The number of benzene rings is 4. The number of fused-ring (bicyclic) bond motifs is 2. The van der Waals surface area contributed by atoms with Crippen LogP contribution in [0.25, 0.3) is 21.5 Å². The van der Waals surface area contributed by atoms with Crippen molar-refractivity contribution < 1.29 is 19.8 Å². The number of hydrogen-bond donors (Lipinski definition) is 2. The first-order chi connectivity index (χ1) is 14.9. The fourth-order valence-electron chi connectivity index (χ4n) is 3.58. The minimum atomic E-state index is -0.747. The predicted molar refractivity (Wildman–Crippen MR) is 125 cm³/mol. The molecule has 4 nitrogen and oxygen atoms in total. The largest absolute Gasteiger partial charge is 0.481 e. The minimum Gasteiger partial charge on any atom is -0.481 e. The van der Waals surface area contributed by atoms with Crippen LogP contribution in [0.5, 0.6) is 0 Å². The van der Waals surface area contributed by atoms with Crippen molar-refractivity contribution in [1.29, 1.82) is 0 Å². The van der Waals surface area contributed by atoms with Crippen molar-refractivity contribution in [2.45, 2.75) is 32.6 Å². The van der Waals surface area contributed by atoms with Crippen molar-refractivity contribution in [1.82, 2.24) is 0 Å². The van der Waals surface area contributed by atoms with Gasteiger partial charge in [0.2, 0.25) is 0 Å². The molecule has 4 aromatic carbocycles. The van der Waals surface area contributed by atoms with E-state index in [4.69, 9.17) is 10.2 Å². The molecule has 4 aromatic rings. The van der Waals surface area contributed by atoms with Gasteiger partial charge in [0.1, 0.15) is 0 Å². The van der Waals surface area contributed by atoms with E-state index in [1.165, 1.54) is 21.7 Å². The summed E-state index contributed by atoms with van der Waals surface area (Å²) in [5, 5.41) is 22.0. The Kier molecular flexibility index (Phi) is 7.39. The number of rotatable bonds is 6. The predicted octanol–water partition coefficient (Wildman–Crippen LogP) is 6.02. The highest BCUT2D eigenvalue weighted by Crippen LogP contribution is 2.21. The van der Waals surface area contributed by atoms with Crippen molar-refractivity contribution >= 4 is 33.5 Å². The van der Waals surface area contributed by atoms with Crippen LogP contribution in [-0.2, 0) is 22.4 Å². The van der Waals surface area contributed by atoms with E-state index in [0.29, 0.717) is 12.8 Å². The van der Waals surface area contributed by atoms with E-state index in [0.717, 1.165) is 16.5 Å². The smallest absolute Gasteiger partial charge is 0.303 e. The van der Waals surface area contributed by atoms with E-state index < -0.39 is 11.9 Å². The van der Waals surface area contributed by atoms with Crippen molar-refractivity contribution in [3.63, 3.8) is 0 Å². The van der Waals surface area contributed by atoms with Crippen molar-refractivity contribution in [2.24, 2.45) is 0 Å². The molecule has 0 saturated carbocycles. The Labute approximate surface area is 181 Å². The van der Waals surface area contributed by atoms with Gasteiger partial charge >= 0.3 is 11.9 Å². The molecule has 0 atom stereocenters. The fourth-order valence-corrected chi connectivity index (χ4v) is 3.58. The summed E-state index contributed by atoms with van der Waals surface area (Å²) in [4.78, 5) is 21.0. The Hall–Kier alpha value is -3.66. The topological polar surface area (TPSA) is 74.6 Å². The SMILES string of the molecule is Cc1ccc2c(CCC(=O)O)cccc2c1.O=C(O)CCc1ccc2ccccc2c1.